The fraction of sp³-hybridized carbons (Fsp3) is 0.143. The molecule has 4 heteroatoms. The molecular weight excluding hydrogens is 246 g/mol. The van der Waals surface area contributed by atoms with Crippen molar-refractivity contribution >= 4 is 11.6 Å². The molecule has 0 aliphatic rings. The lowest BCUT2D eigenvalue weighted by Crippen LogP contribution is -2.19. The molecule has 0 amide bonds. The number of halogens is 1. The standard InChI is InChI=1S/C14H12ClN3/c15-13-4-2-1-3-12(13)10-18-14(9-16)11-5-7-17-8-6-11/h1-8,14,18H,10H2. The van der Waals surface area contributed by atoms with Gasteiger partial charge in [0.25, 0.3) is 0 Å². The zero-order chi connectivity index (χ0) is 12.8. The summed E-state index contributed by atoms with van der Waals surface area (Å²) in [4.78, 5) is 3.94. The second kappa shape index (κ2) is 6.15. The van der Waals surface area contributed by atoms with Crippen molar-refractivity contribution in [3.8, 4) is 6.07 Å². The van der Waals surface area contributed by atoms with Gasteiger partial charge in [0.2, 0.25) is 0 Å². The first-order chi connectivity index (χ1) is 8.81. The summed E-state index contributed by atoms with van der Waals surface area (Å²) in [6.45, 7) is 0.556. The van der Waals surface area contributed by atoms with E-state index in [9.17, 15) is 0 Å². The minimum atomic E-state index is -0.357. The molecule has 3 nitrogen and oxygen atoms in total. The zero-order valence-electron chi connectivity index (χ0n) is 9.68. The van der Waals surface area contributed by atoms with Crippen LogP contribution in [0, 0.1) is 11.3 Å². The molecule has 2 aromatic rings. The van der Waals surface area contributed by atoms with Crippen molar-refractivity contribution in [3.63, 3.8) is 0 Å². The summed E-state index contributed by atoms with van der Waals surface area (Å²) in [6, 6.07) is 13.1. The predicted molar refractivity (Wildman–Crippen MR) is 70.9 cm³/mol. The quantitative estimate of drug-likeness (QED) is 0.916. The van der Waals surface area contributed by atoms with E-state index in [0.29, 0.717) is 11.6 Å². The largest absolute Gasteiger partial charge is 0.294 e. The summed E-state index contributed by atoms with van der Waals surface area (Å²) >= 11 is 6.06. The van der Waals surface area contributed by atoms with Gasteiger partial charge in [0, 0.05) is 24.0 Å². The van der Waals surface area contributed by atoms with E-state index >= 15 is 0 Å². The Morgan fingerprint density at radius 1 is 1.22 bits per heavy atom. The second-order valence-corrected chi connectivity index (χ2v) is 4.22. The van der Waals surface area contributed by atoms with Gasteiger partial charge in [-0.3, -0.25) is 10.3 Å². The fourth-order valence-corrected chi connectivity index (χ4v) is 1.85. The Bertz CT molecular complexity index is 548. The molecule has 1 atom stereocenters. The summed E-state index contributed by atoms with van der Waals surface area (Å²) in [7, 11) is 0. The molecule has 1 aromatic carbocycles. The van der Waals surface area contributed by atoms with Crippen molar-refractivity contribution in [3.05, 3.63) is 64.9 Å². The van der Waals surface area contributed by atoms with E-state index in [1.165, 1.54) is 0 Å². The van der Waals surface area contributed by atoms with Crippen molar-refractivity contribution < 1.29 is 0 Å². The van der Waals surface area contributed by atoms with Gasteiger partial charge >= 0.3 is 0 Å². The van der Waals surface area contributed by atoms with E-state index in [-0.39, 0.29) is 6.04 Å². The highest BCUT2D eigenvalue weighted by Crippen LogP contribution is 2.17. The molecule has 0 fully saturated rings. The lowest BCUT2D eigenvalue weighted by atomic mass is 10.1. The molecule has 0 aliphatic heterocycles. The molecule has 2 rings (SSSR count). The van der Waals surface area contributed by atoms with Gasteiger partial charge in [-0.05, 0) is 29.3 Å². The van der Waals surface area contributed by atoms with Gasteiger partial charge in [0.15, 0.2) is 0 Å². The van der Waals surface area contributed by atoms with Crippen LogP contribution >= 0.6 is 11.6 Å². The molecular formula is C14H12ClN3. The number of hydrogen-bond donors (Lipinski definition) is 1. The zero-order valence-corrected chi connectivity index (χ0v) is 10.4. The molecule has 0 aliphatic carbocycles. The average Bonchev–Trinajstić information content (AvgIpc) is 2.42. The Hall–Kier alpha value is -1.89. The van der Waals surface area contributed by atoms with Crippen molar-refractivity contribution in [2.75, 3.05) is 0 Å². The number of benzene rings is 1. The van der Waals surface area contributed by atoms with Crippen molar-refractivity contribution in [1.29, 1.82) is 5.26 Å². The van der Waals surface area contributed by atoms with Crippen LogP contribution in [-0.2, 0) is 6.54 Å². The molecule has 1 aromatic heterocycles. The van der Waals surface area contributed by atoms with Crippen LogP contribution < -0.4 is 5.32 Å². The Labute approximate surface area is 111 Å². The first-order valence-electron chi connectivity index (χ1n) is 5.57. The van der Waals surface area contributed by atoms with Gasteiger partial charge < -0.3 is 0 Å². The van der Waals surface area contributed by atoms with Gasteiger partial charge in [0.05, 0.1) is 6.07 Å². The highest BCUT2D eigenvalue weighted by atomic mass is 35.5. The van der Waals surface area contributed by atoms with Gasteiger partial charge in [0.1, 0.15) is 6.04 Å². The van der Waals surface area contributed by atoms with Gasteiger partial charge in [-0.15, -0.1) is 0 Å². The Balaban J connectivity index is 2.05. The molecule has 0 bridgehead atoms. The van der Waals surface area contributed by atoms with Crippen molar-refractivity contribution in [2.24, 2.45) is 0 Å². The smallest absolute Gasteiger partial charge is 0.121 e. The number of aromatic nitrogens is 1. The molecule has 90 valence electrons. The third kappa shape index (κ3) is 3.07. The van der Waals surface area contributed by atoms with E-state index in [2.05, 4.69) is 16.4 Å². The predicted octanol–water partition coefficient (Wildman–Crippen LogP) is 3.09. The summed E-state index contributed by atoms with van der Waals surface area (Å²) in [5.41, 5.74) is 1.88. The van der Waals surface area contributed by atoms with Crippen LogP contribution in [0.4, 0.5) is 0 Å². The van der Waals surface area contributed by atoms with Crippen LogP contribution in [0.25, 0.3) is 0 Å². The Kier molecular flexibility index (Phi) is 4.30. The molecule has 0 saturated carbocycles. The third-order valence-electron chi connectivity index (χ3n) is 2.62. The van der Waals surface area contributed by atoms with Crippen LogP contribution in [0.15, 0.2) is 48.8 Å². The topological polar surface area (TPSA) is 48.7 Å². The molecule has 1 heterocycles. The molecule has 0 spiro atoms. The highest BCUT2D eigenvalue weighted by molar-refractivity contribution is 6.31. The Morgan fingerprint density at radius 3 is 2.61 bits per heavy atom. The van der Waals surface area contributed by atoms with Crippen molar-refractivity contribution in [2.45, 2.75) is 12.6 Å². The lowest BCUT2D eigenvalue weighted by molar-refractivity contribution is 0.630. The third-order valence-corrected chi connectivity index (χ3v) is 2.99. The first kappa shape index (κ1) is 12.6. The molecule has 1 unspecified atom stereocenters. The number of rotatable bonds is 4. The first-order valence-corrected chi connectivity index (χ1v) is 5.95. The van der Waals surface area contributed by atoms with Crippen LogP contribution in [0.2, 0.25) is 5.02 Å². The number of nitriles is 1. The summed E-state index contributed by atoms with van der Waals surface area (Å²) in [6.07, 6.45) is 3.35. The molecule has 18 heavy (non-hydrogen) atoms. The van der Waals surface area contributed by atoms with Gasteiger partial charge in [-0.2, -0.15) is 5.26 Å². The normalized spacial score (nSPS) is 11.8. The number of hydrogen-bond acceptors (Lipinski definition) is 3. The van der Waals surface area contributed by atoms with E-state index < -0.39 is 0 Å². The number of nitrogens with zero attached hydrogens (tertiary/aromatic N) is 2. The summed E-state index contributed by atoms with van der Waals surface area (Å²) < 4.78 is 0. The van der Waals surface area contributed by atoms with Crippen molar-refractivity contribution in [1.82, 2.24) is 10.3 Å². The number of pyridine rings is 1. The van der Waals surface area contributed by atoms with E-state index in [1.807, 2.05) is 36.4 Å². The van der Waals surface area contributed by atoms with Crippen LogP contribution in [-0.4, -0.2) is 4.98 Å². The minimum Gasteiger partial charge on any atom is -0.294 e. The Morgan fingerprint density at radius 2 is 1.94 bits per heavy atom. The van der Waals surface area contributed by atoms with Crippen LogP contribution in [0.3, 0.4) is 0 Å². The lowest BCUT2D eigenvalue weighted by Gasteiger charge is -2.12. The monoisotopic (exact) mass is 257 g/mol. The van der Waals surface area contributed by atoms with E-state index in [1.54, 1.807) is 12.4 Å². The maximum absolute atomic E-state index is 9.16. The van der Waals surface area contributed by atoms with E-state index in [4.69, 9.17) is 16.9 Å². The van der Waals surface area contributed by atoms with E-state index in [0.717, 1.165) is 11.1 Å². The maximum Gasteiger partial charge on any atom is 0.121 e. The molecule has 1 N–H and O–H groups in total. The van der Waals surface area contributed by atoms with Gasteiger partial charge in [-0.25, -0.2) is 0 Å². The minimum absolute atomic E-state index is 0.357. The molecule has 0 radical (unpaired) electrons. The highest BCUT2D eigenvalue weighted by Gasteiger charge is 2.09. The maximum atomic E-state index is 9.16. The fourth-order valence-electron chi connectivity index (χ4n) is 1.65. The molecule has 0 saturated heterocycles. The van der Waals surface area contributed by atoms with Crippen LogP contribution in [0.5, 0.6) is 0 Å². The number of nitrogens with one attached hydrogen (secondary N) is 1. The summed E-state index contributed by atoms with van der Waals surface area (Å²) in [5.74, 6) is 0. The average molecular weight is 258 g/mol. The SMILES string of the molecule is N#CC(NCc1ccccc1Cl)c1ccncc1. The second-order valence-electron chi connectivity index (χ2n) is 3.81. The van der Waals surface area contributed by atoms with Gasteiger partial charge in [-0.1, -0.05) is 29.8 Å². The van der Waals surface area contributed by atoms with Crippen LogP contribution in [0.1, 0.15) is 17.2 Å². The summed E-state index contributed by atoms with van der Waals surface area (Å²) in [5, 5.41) is 13.0.